The van der Waals surface area contributed by atoms with E-state index in [2.05, 4.69) is 29.0 Å². The van der Waals surface area contributed by atoms with Crippen LogP contribution in [0.15, 0.2) is 18.5 Å². The van der Waals surface area contributed by atoms with Crippen molar-refractivity contribution in [2.75, 3.05) is 25.9 Å². The number of hydrogen-bond acceptors (Lipinski definition) is 4. The lowest BCUT2D eigenvalue weighted by Gasteiger charge is -2.44. The fourth-order valence-electron chi connectivity index (χ4n) is 3.38. The molecule has 3 N–H and O–H groups in total. The summed E-state index contributed by atoms with van der Waals surface area (Å²) in [5.74, 6) is 0. The number of anilines is 1. The zero-order valence-corrected chi connectivity index (χ0v) is 13.0. The maximum Gasteiger partial charge on any atom is 0.0535 e. The Morgan fingerprint density at radius 1 is 1.25 bits per heavy atom. The van der Waals surface area contributed by atoms with Gasteiger partial charge in [0.1, 0.15) is 0 Å². The first kappa shape index (κ1) is 15.3. The Balaban J connectivity index is 2.26. The largest absolute Gasteiger partial charge is 0.398 e. The van der Waals surface area contributed by atoms with Gasteiger partial charge in [0.05, 0.1) is 6.04 Å². The molecule has 1 fully saturated rings. The quantitative estimate of drug-likeness (QED) is 0.887. The van der Waals surface area contributed by atoms with Crippen molar-refractivity contribution < 1.29 is 0 Å². The van der Waals surface area contributed by atoms with Gasteiger partial charge in [-0.1, -0.05) is 12.8 Å². The van der Waals surface area contributed by atoms with Crippen LogP contribution in [0.5, 0.6) is 0 Å². The molecular weight excluding hydrogens is 248 g/mol. The van der Waals surface area contributed by atoms with Crippen molar-refractivity contribution in [2.45, 2.75) is 51.1 Å². The summed E-state index contributed by atoms with van der Waals surface area (Å²) >= 11 is 0. The van der Waals surface area contributed by atoms with E-state index < -0.39 is 0 Å². The van der Waals surface area contributed by atoms with Gasteiger partial charge in [-0.25, -0.2) is 0 Å². The van der Waals surface area contributed by atoms with Gasteiger partial charge in [-0.3, -0.25) is 9.88 Å². The summed E-state index contributed by atoms with van der Waals surface area (Å²) < 4.78 is 0. The van der Waals surface area contributed by atoms with E-state index in [-0.39, 0.29) is 11.6 Å². The minimum Gasteiger partial charge on any atom is -0.398 e. The number of likely N-dealkylation sites (tertiary alicyclic amines) is 1. The SMILES string of the molecule is CNC(c1cnccc1N)C(C)(C)N1CCCCCC1. The Hall–Kier alpha value is -1.13. The molecule has 0 aliphatic carbocycles. The van der Waals surface area contributed by atoms with Crippen LogP contribution in [0.3, 0.4) is 0 Å². The van der Waals surface area contributed by atoms with Crippen molar-refractivity contribution in [3.05, 3.63) is 24.0 Å². The number of rotatable bonds is 4. The molecule has 1 aromatic rings. The van der Waals surface area contributed by atoms with Gasteiger partial charge in [-0.2, -0.15) is 0 Å². The predicted octanol–water partition coefficient (Wildman–Crippen LogP) is 2.58. The van der Waals surface area contributed by atoms with E-state index in [9.17, 15) is 0 Å². The van der Waals surface area contributed by atoms with Crippen LogP contribution in [-0.2, 0) is 0 Å². The van der Waals surface area contributed by atoms with Gasteiger partial charge in [0.25, 0.3) is 0 Å². The van der Waals surface area contributed by atoms with Crippen LogP contribution in [0.4, 0.5) is 5.69 Å². The molecule has 1 saturated heterocycles. The fourth-order valence-corrected chi connectivity index (χ4v) is 3.38. The molecule has 112 valence electrons. The molecule has 0 radical (unpaired) electrons. The number of nitrogens with one attached hydrogen (secondary N) is 1. The zero-order valence-electron chi connectivity index (χ0n) is 13.0. The van der Waals surface area contributed by atoms with E-state index >= 15 is 0 Å². The zero-order chi connectivity index (χ0) is 14.6. The maximum absolute atomic E-state index is 6.16. The van der Waals surface area contributed by atoms with Crippen molar-refractivity contribution in [2.24, 2.45) is 0 Å². The highest BCUT2D eigenvalue weighted by molar-refractivity contribution is 5.47. The van der Waals surface area contributed by atoms with Crippen LogP contribution < -0.4 is 11.1 Å². The van der Waals surface area contributed by atoms with Crippen LogP contribution >= 0.6 is 0 Å². The summed E-state index contributed by atoms with van der Waals surface area (Å²) in [5, 5.41) is 3.46. The van der Waals surface area contributed by atoms with Gasteiger partial charge >= 0.3 is 0 Å². The summed E-state index contributed by atoms with van der Waals surface area (Å²) in [6.45, 7) is 6.97. The Bertz CT molecular complexity index is 422. The average Bonchev–Trinajstić information content (AvgIpc) is 2.71. The molecule has 20 heavy (non-hydrogen) atoms. The highest BCUT2D eigenvalue weighted by Gasteiger charge is 2.36. The van der Waals surface area contributed by atoms with Gasteiger partial charge in [-0.15, -0.1) is 0 Å². The first-order valence-electron chi connectivity index (χ1n) is 7.69. The lowest BCUT2D eigenvalue weighted by Crippen LogP contribution is -2.52. The molecule has 2 heterocycles. The van der Waals surface area contributed by atoms with Gasteiger partial charge in [0.15, 0.2) is 0 Å². The van der Waals surface area contributed by atoms with Gasteiger partial charge in [0.2, 0.25) is 0 Å². The van der Waals surface area contributed by atoms with Crippen molar-refractivity contribution in [3.63, 3.8) is 0 Å². The molecule has 1 aromatic heterocycles. The Labute approximate surface area is 122 Å². The van der Waals surface area contributed by atoms with Gasteiger partial charge < -0.3 is 11.1 Å². The number of nitrogens with two attached hydrogens (primary N) is 1. The van der Waals surface area contributed by atoms with E-state index in [4.69, 9.17) is 5.73 Å². The minimum atomic E-state index is 0.0241. The van der Waals surface area contributed by atoms with E-state index in [1.807, 2.05) is 19.3 Å². The Morgan fingerprint density at radius 2 is 1.90 bits per heavy atom. The Kier molecular flexibility index (Phi) is 5.00. The van der Waals surface area contributed by atoms with E-state index in [0.717, 1.165) is 11.3 Å². The second kappa shape index (κ2) is 6.55. The summed E-state index contributed by atoms with van der Waals surface area (Å²) in [5.41, 5.74) is 8.10. The number of hydrogen-bond donors (Lipinski definition) is 2. The first-order chi connectivity index (χ1) is 9.57. The van der Waals surface area contributed by atoms with Crippen molar-refractivity contribution >= 4 is 5.69 Å². The monoisotopic (exact) mass is 276 g/mol. The summed E-state index contributed by atoms with van der Waals surface area (Å²) in [4.78, 5) is 6.86. The van der Waals surface area contributed by atoms with Crippen LogP contribution in [0, 0.1) is 0 Å². The molecule has 1 unspecified atom stereocenters. The lowest BCUT2D eigenvalue weighted by molar-refractivity contribution is 0.0866. The standard InChI is InChI=1S/C16H28N4/c1-16(2,20-10-6-4-5-7-11-20)15(18-3)13-12-19-9-8-14(13)17/h8-9,12,15,18H,4-7,10-11H2,1-3H3,(H2,17,19). The summed E-state index contributed by atoms with van der Waals surface area (Å²) in [7, 11) is 2.01. The average molecular weight is 276 g/mol. The van der Waals surface area contributed by atoms with Crippen LogP contribution in [0.1, 0.15) is 51.1 Å². The third-order valence-corrected chi connectivity index (χ3v) is 4.61. The molecule has 4 heteroatoms. The van der Waals surface area contributed by atoms with E-state index in [0.29, 0.717) is 0 Å². The number of nitrogen functional groups attached to an aromatic ring is 1. The minimum absolute atomic E-state index is 0.0241. The number of likely N-dealkylation sites (N-methyl/N-ethyl adjacent to an activating group) is 1. The molecular formula is C16H28N4. The normalized spacial score (nSPS) is 19.6. The molecule has 2 rings (SSSR count). The van der Waals surface area contributed by atoms with Crippen molar-refractivity contribution in [1.29, 1.82) is 0 Å². The second-order valence-corrected chi connectivity index (χ2v) is 6.28. The molecule has 1 atom stereocenters. The van der Waals surface area contributed by atoms with Gasteiger partial charge in [0, 0.05) is 29.2 Å². The van der Waals surface area contributed by atoms with Crippen molar-refractivity contribution in [1.82, 2.24) is 15.2 Å². The van der Waals surface area contributed by atoms with Crippen LogP contribution in [0.25, 0.3) is 0 Å². The highest BCUT2D eigenvalue weighted by atomic mass is 15.2. The second-order valence-electron chi connectivity index (χ2n) is 6.28. The van der Waals surface area contributed by atoms with Crippen molar-refractivity contribution in [3.8, 4) is 0 Å². The lowest BCUT2D eigenvalue weighted by atomic mass is 9.86. The molecule has 1 aliphatic rings. The third-order valence-electron chi connectivity index (χ3n) is 4.61. The molecule has 0 saturated carbocycles. The number of aromatic nitrogens is 1. The molecule has 1 aliphatic heterocycles. The smallest absolute Gasteiger partial charge is 0.0535 e. The number of nitrogens with zero attached hydrogens (tertiary/aromatic N) is 2. The van der Waals surface area contributed by atoms with Gasteiger partial charge in [-0.05, 0) is 52.9 Å². The molecule has 0 aromatic carbocycles. The maximum atomic E-state index is 6.16. The Morgan fingerprint density at radius 3 is 2.45 bits per heavy atom. The predicted molar refractivity (Wildman–Crippen MR) is 84.6 cm³/mol. The molecule has 0 bridgehead atoms. The van der Waals surface area contributed by atoms with E-state index in [1.165, 1.54) is 38.8 Å². The van der Waals surface area contributed by atoms with Crippen LogP contribution in [0.2, 0.25) is 0 Å². The van der Waals surface area contributed by atoms with Crippen LogP contribution in [-0.4, -0.2) is 35.6 Å². The molecule has 0 amide bonds. The van der Waals surface area contributed by atoms with E-state index in [1.54, 1.807) is 6.20 Å². The topological polar surface area (TPSA) is 54.2 Å². The number of pyridine rings is 1. The fraction of sp³-hybridized carbons (Fsp3) is 0.688. The molecule has 0 spiro atoms. The first-order valence-corrected chi connectivity index (χ1v) is 7.69. The molecule has 4 nitrogen and oxygen atoms in total. The summed E-state index contributed by atoms with van der Waals surface area (Å²) in [6.07, 6.45) is 8.95. The highest BCUT2D eigenvalue weighted by Crippen LogP contribution is 2.34. The summed E-state index contributed by atoms with van der Waals surface area (Å²) in [6, 6.07) is 2.08. The third kappa shape index (κ3) is 3.13.